The lowest BCUT2D eigenvalue weighted by molar-refractivity contribution is -0.122. The minimum atomic E-state index is -0.250. The molecule has 0 unspecified atom stereocenters. The highest BCUT2D eigenvalue weighted by Gasteiger charge is 1.84. The minimum Gasteiger partial charge on any atom is -0.483 e. The van der Waals surface area contributed by atoms with E-state index in [0.29, 0.717) is 0 Å². The molecule has 0 aliphatic heterocycles. The van der Waals surface area contributed by atoms with Crippen molar-refractivity contribution in [1.29, 1.82) is 0 Å². The van der Waals surface area contributed by atoms with Gasteiger partial charge in [-0.15, -0.1) is 0 Å². The third-order valence-corrected chi connectivity index (χ3v) is 0.730. The first kappa shape index (κ1) is 11.2. The summed E-state index contributed by atoms with van der Waals surface area (Å²) >= 11 is 0. The molecule has 0 bridgehead atoms. The SMILES string of the molecule is CCN(O)CC.O=CO. The number of carbonyl (C=O) groups is 1. The molecule has 0 aromatic carbocycles. The molecule has 0 aliphatic rings. The van der Waals surface area contributed by atoms with Crippen molar-refractivity contribution < 1.29 is 15.1 Å². The summed E-state index contributed by atoms with van der Waals surface area (Å²) < 4.78 is 0. The molecule has 0 aliphatic carbocycles. The van der Waals surface area contributed by atoms with E-state index >= 15 is 0 Å². The fourth-order valence-electron chi connectivity index (χ4n) is 0.224. The average molecular weight is 135 g/mol. The van der Waals surface area contributed by atoms with Gasteiger partial charge in [0.1, 0.15) is 0 Å². The van der Waals surface area contributed by atoms with Crippen LogP contribution in [0.15, 0.2) is 0 Å². The van der Waals surface area contributed by atoms with E-state index in [9.17, 15) is 0 Å². The van der Waals surface area contributed by atoms with Gasteiger partial charge < -0.3 is 10.3 Å². The summed E-state index contributed by atoms with van der Waals surface area (Å²) in [5, 5.41) is 16.6. The summed E-state index contributed by atoms with van der Waals surface area (Å²) in [6.45, 7) is 5.00. The van der Waals surface area contributed by atoms with E-state index in [0.717, 1.165) is 13.1 Å². The van der Waals surface area contributed by atoms with Crippen LogP contribution in [-0.2, 0) is 4.79 Å². The number of hydroxylamine groups is 2. The molecule has 0 atom stereocenters. The van der Waals surface area contributed by atoms with Crippen molar-refractivity contribution >= 4 is 6.47 Å². The number of hydrogen-bond donors (Lipinski definition) is 2. The Labute approximate surface area is 54.7 Å². The molecule has 0 saturated carbocycles. The standard InChI is InChI=1S/C4H11NO.CH2O2/c1-3-5(6)4-2;2-1-3/h6H,3-4H2,1-2H3;1H,(H,2,3). The Morgan fingerprint density at radius 1 is 1.44 bits per heavy atom. The van der Waals surface area contributed by atoms with Crippen molar-refractivity contribution in [3.63, 3.8) is 0 Å². The third kappa shape index (κ3) is 18.7. The van der Waals surface area contributed by atoms with Crippen LogP contribution in [0.25, 0.3) is 0 Å². The van der Waals surface area contributed by atoms with Gasteiger partial charge in [0.05, 0.1) is 0 Å². The first-order valence-electron chi connectivity index (χ1n) is 2.74. The van der Waals surface area contributed by atoms with Gasteiger partial charge in [0, 0.05) is 13.1 Å². The number of hydrogen-bond acceptors (Lipinski definition) is 3. The Balaban J connectivity index is 0. The number of rotatable bonds is 2. The van der Waals surface area contributed by atoms with Crippen molar-refractivity contribution in [2.45, 2.75) is 13.8 Å². The van der Waals surface area contributed by atoms with Crippen LogP contribution in [0, 0.1) is 0 Å². The summed E-state index contributed by atoms with van der Waals surface area (Å²) in [5.41, 5.74) is 0. The van der Waals surface area contributed by atoms with Gasteiger partial charge >= 0.3 is 0 Å². The Morgan fingerprint density at radius 3 is 1.67 bits per heavy atom. The zero-order chi connectivity index (χ0) is 7.70. The second-order valence-electron chi connectivity index (χ2n) is 1.24. The van der Waals surface area contributed by atoms with Crippen LogP contribution in [0.4, 0.5) is 0 Å². The lowest BCUT2D eigenvalue weighted by Crippen LogP contribution is -2.16. The van der Waals surface area contributed by atoms with Gasteiger partial charge in [0.15, 0.2) is 0 Å². The first-order chi connectivity index (χ1) is 4.22. The fraction of sp³-hybridized carbons (Fsp3) is 0.800. The predicted molar refractivity (Wildman–Crippen MR) is 33.4 cm³/mol. The lowest BCUT2D eigenvalue weighted by atomic mass is 10.6. The second-order valence-corrected chi connectivity index (χ2v) is 1.24. The highest BCUT2D eigenvalue weighted by molar-refractivity contribution is 5.32. The maximum absolute atomic E-state index is 8.50. The van der Waals surface area contributed by atoms with Gasteiger partial charge in [-0.3, -0.25) is 4.79 Å². The Morgan fingerprint density at radius 2 is 1.67 bits per heavy atom. The van der Waals surface area contributed by atoms with Crippen LogP contribution in [0.1, 0.15) is 13.8 Å². The van der Waals surface area contributed by atoms with Crippen molar-refractivity contribution in [2.75, 3.05) is 13.1 Å². The molecule has 0 amide bonds. The Hall–Kier alpha value is -0.610. The third-order valence-electron chi connectivity index (χ3n) is 0.730. The fourth-order valence-corrected chi connectivity index (χ4v) is 0.224. The zero-order valence-electron chi connectivity index (χ0n) is 5.74. The quantitative estimate of drug-likeness (QED) is 0.425. The second kappa shape index (κ2) is 10.4. The molecule has 0 aromatic rings. The van der Waals surface area contributed by atoms with Gasteiger partial charge in [0.2, 0.25) is 0 Å². The number of carboxylic acid groups (broad SMARTS) is 1. The Kier molecular flexibility index (Phi) is 13.0. The molecule has 0 spiro atoms. The Bertz CT molecular complexity index is 54.2. The molecule has 0 saturated heterocycles. The molecule has 0 fully saturated rings. The molecule has 9 heavy (non-hydrogen) atoms. The van der Waals surface area contributed by atoms with Gasteiger partial charge in [0.25, 0.3) is 6.47 Å². The maximum atomic E-state index is 8.50. The highest BCUT2D eigenvalue weighted by Crippen LogP contribution is 1.73. The molecule has 2 N–H and O–H groups in total. The number of nitrogens with zero attached hydrogens (tertiary/aromatic N) is 1. The van der Waals surface area contributed by atoms with Gasteiger partial charge in [-0.1, -0.05) is 13.8 Å². The van der Waals surface area contributed by atoms with Crippen LogP contribution in [0.5, 0.6) is 0 Å². The monoisotopic (exact) mass is 135 g/mol. The summed E-state index contributed by atoms with van der Waals surface area (Å²) in [7, 11) is 0. The van der Waals surface area contributed by atoms with Crippen LogP contribution < -0.4 is 0 Å². The van der Waals surface area contributed by atoms with Gasteiger partial charge in [-0.05, 0) is 0 Å². The lowest BCUT2D eigenvalue weighted by Gasteiger charge is -2.05. The van der Waals surface area contributed by atoms with Gasteiger partial charge in [-0.2, -0.15) is 5.06 Å². The smallest absolute Gasteiger partial charge is 0.290 e. The molecular weight excluding hydrogens is 122 g/mol. The molecule has 4 nitrogen and oxygen atoms in total. The molecular formula is C5H13NO3. The van der Waals surface area contributed by atoms with Crippen LogP contribution in [0.2, 0.25) is 0 Å². The summed E-state index contributed by atoms with van der Waals surface area (Å²) in [6, 6.07) is 0. The van der Waals surface area contributed by atoms with Crippen molar-refractivity contribution in [3.05, 3.63) is 0 Å². The largest absolute Gasteiger partial charge is 0.483 e. The predicted octanol–water partition coefficient (Wildman–Crippen LogP) is 0.418. The van der Waals surface area contributed by atoms with E-state index in [1.807, 2.05) is 13.8 Å². The minimum absolute atomic E-state index is 0.250. The van der Waals surface area contributed by atoms with Gasteiger partial charge in [-0.25, -0.2) is 0 Å². The zero-order valence-corrected chi connectivity index (χ0v) is 5.74. The molecule has 0 aromatic heterocycles. The topological polar surface area (TPSA) is 60.8 Å². The summed E-state index contributed by atoms with van der Waals surface area (Å²) in [5.74, 6) is 0. The molecule has 4 heteroatoms. The molecule has 56 valence electrons. The molecule has 0 rings (SSSR count). The maximum Gasteiger partial charge on any atom is 0.290 e. The van der Waals surface area contributed by atoms with E-state index in [2.05, 4.69) is 0 Å². The van der Waals surface area contributed by atoms with Crippen molar-refractivity contribution in [1.82, 2.24) is 5.06 Å². The summed E-state index contributed by atoms with van der Waals surface area (Å²) in [6.07, 6.45) is 0. The van der Waals surface area contributed by atoms with E-state index in [1.165, 1.54) is 5.06 Å². The first-order valence-corrected chi connectivity index (χ1v) is 2.74. The van der Waals surface area contributed by atoms with Crippen molar-refractivity contribution in [2.24, 2.45) is 0 Å². The van der Waals surface area contributed by atoms with Crippen molar-refractivity contribution in [3.8, 4) is 0 Å². The normalized spacial score (nSPS) is 8.00. The van der Waals surface area contributed by atoms with E-state index in [1.54, 1.807) is 0 Å². The van der Waals surface area contributed by atoms with Crippen LogP contribution >= 0.6 is 0 Å². The average Bonchev–Trinajstić information content (AvgIpc) is 1.88. The molecule has 0 radical (unpaired) electrons. The highest BCUT2D eigenvalue weighted by atomic mass is 16.5. The van der Waals surface area contributed by atoms with E-state index < -0.39 is 0 Å². The summed E-state index contributed by atoms with van der Waals surface area (Å²) in [4.78, 5) is 8.36. The van der Waals surface area contributed by atoms with Crippen LogP contribution in [0.3, 0.4) is 0 Å². The van der Waals surface area contributed by atoms with E-state index in [4.69, 9.17) is 15.1 Å². The van der Waals surface area contributed by atoms with E-state index in [-0.39, 0.29) is 6.47 Å². The molecule has 0 heterocycles. The van der Waals surface area contributed by atoms with Crippen LogP contribution in [-0.4, -0.2) is 34.9 Å².